The third-order valence-electron chi connectivity index (χ3n) is 2.49. The Morgan fingerprint density at radius 2 is 1.45 bits per heavy atom. The lowest BCUT2D eigenvalue weighted by Gasteiger charge is -2.26. The van der Waals surface area contributed by atoms with Crippen LogP contribution in [0.2, 0.25) is 0 Å². The van der Waals surface area contributed by atoms with Gasteiger partial charge in [-0.3, -0.25) is 4.79 Å². The highest BCUT2D eigenvalue weighted by molar-refractivity contribution is 5.70. The summed E-state index contributed by atoms with van der Waals surface area (Å²) in [6.45, 7) is 10.5. The van der Waals surface area contributed by atoms with Gasteiger partial charge in [0, 0.05) is 13.0 Å². The van der Waals surface area contributed by atoms with Gasteiger partial charge in [-0.05, 0) is 54.4 Å². The number of ether oxygens (including phenoxy) is 2. The predicted octanol–water partition coefficient (Wildman–Crippen LogP) is 3.71. The third-order valence-corrected chi connectivity index (χ3v) is 2.49. The molecule has 6 heteroatoms. The first-order valence-corrected chi connectivity index (χ1v) is 7.70. The van der Waals surface area contributed by atoms with E-state index in [-0.39, 0.29) is 18.9 Å². The molecule has 0 N–H and O–H groups in total. The van der Waals surface area contributed by atoms with E-state index in [4.69, 9.17) is 9.47 Å². The average Bonchev–Trinajstić information content (AvgIpc) is 2.28. The maximum absolute atomic E-state index is 12.5. The SMILES string of the molecule is CC(C)(C)OC(=O)CCCCN(CCF)C(=O)OC(C)(C)C. The summed E-state index contributed by atoms with van der Waals surface area (Å²) in [6.07, 6.45) is 0.941. The highest BCUT2D eigenvalue weighted by atomic mass is 19.1. The molecule has 0 saturated carbocycles. The van der Waals surface area contributed by atoms with Crippen LogP contribution in [0.1, 0.15) is 60.8 Å². The van der Waals surface area contributed by atoms with Gasteiger partial charge in [-0.25, -0.2) is 9.18 Å². The van der Waals surface area contributed by atoms with Gasteiger partial charge < -0.3 is 14.4 Å². The summed E-state index contributed by atoms with van der Waals surface area (Å²) in [5.74, 6) is -0.262. The van der Waals surface area contributed by atoms with Crippen LogP contribution in [-0.4, -0.2) is 47.9 Å². The smallest absolute Gasteiger partial charge is 0.410 e. The van der Waals surface area contributed by atoms with E-state index >= 15 is 0 Å². The molecule has 0 aliphatic heterocycles. The maximum Gasteiger partial charge on any atom is 0.410 e. The monoisotopic (exact) mass is 319 g/mol. The molecular weight excluding hydrogens is 289 g/mol. The molecule has 0 aliphatic carbocycles. The van der Waals surface area contributed by atoms with E-state index in [9.17, 15) is 14.0 Å². The summed E-state index contributed by atoms with van der Waals surface area (Å²) in [4.78, 5) is 24.8. The van der Waals surface area contributed by atoms with Crippen molar-refractivity contribution in [2.45, 2.75) is 72.0 Å². The Labute approximate surface area is 133 Å². The normalized spacial score (nSPS) is 12.0. The largest absolute Gasteiger partial charge is 0.460 e. The topological polar surface area (TPSA) is 55.8 Å². The molecule has 5 nitrogen and oxygen atoms in total. The van der Waals surface area contributed by atoms with Gasteiger partial charge in [0.2, 0.25) is 0 Å². The minimum atomic E-state index is -0.620. The number of halogens is 1. The van der Waals surface area contributed by atoms with Crippen LogP contribution in [0.15, 0.2) is 0 Å². The average molecular weight is 319 g/mol. The zero-order valence-electron chi connectivity index (χ0n) is 14.7. The van der Waals surface area contributed by atoms with Crippen molar-refractivity contribution in [3.05, 3.63) is 0 Å². The first-order valence-electron chi connectivity index (χ1n) is 7.70. The van der Waals surface area contributed by atoms with Crippen molar-refractivity contribution in [1.82, 2.24) is 4.90 Å². The molecule has 0 rings (SSSR count). The van der Waals surface area contributed by atoms with Crippen molar-refractivity contribution in [2.24, 2.45) is 0 Å². The summed E-state index contributed by atoms with van der Waals surface area (Å²) < 4.78 is 23.0. The van der Waals surface area contributed by atoms with Crippen molar-refractivity contribution < 1.29 is 23.5 Å². The minimum absolute atomic E-state index is 0.00134. The van der Waals surface area contributed by atoms with Gasteiger partial charge in [0.05, 0.1) is 6.54 Å². The van der Waals surface area contributed by atoms with Crippen LogP contribution in [0.4, 0.5) is 9.18 Å². The summed E-state index contributed by atoms with van der Waals surface area (Å²) in [6, 6.07) is 0. The molecule has 22 heavy (non-hydrogen) atoms. The number of hydrogen-bond acceptors (Lipinski definition) is 4. The van der Waals surface area contributed by atoms with Gasteiger partial charge in [0.15, 0.2) is 0 Å². The number of unbranched alkanes of at least 4 members (excludes halogenated alkanes) is 1. The predicted molar refractivity (Wildman–Crippen MR) is 83.5 cm³/mol. The Morgan fingerprint density at radius 3 is 1.91 bits per heavy atom. The van der Waals surface area contributed by atoms with Crippen LogP contribution in [0.3, 0.4) is 0 Å². The Morgan fingerprint density at radius 1 is 0.909 bits per heavy atom. The summed E-state index contributed by atoms with van der Waals surface area (Å²) in [5.41, 5.74) is -1.10. The molecule has 0 unspecified atom stereocenters. The van der Waals surface area contributed by atoms with Crippen LogP contribution in [0.5, 0.6) is 0 Å². The van der Waals surface area contributed by atoms with E-state index in [1.54, 1.807) is 20.8 Å². The molecule has 0 aromatic rings. The van der Waals surface area contributed by atoms with E-state index in [1.807, 2.05) is 20.8 Å². The van der Waals surface area contributed by atoms with Crippen molar-refractivity contribution in [2.75, 3.05) is 19.8 Å². The van der Waals surface area contributed by atoms with Crippen LogP contribution in [0, 0.1) is 0 Å². The van der Waals surface area contributed by atoms with E-state index in [2.05, 4.69) is 0 Å². The van der Waals surface area contributed by atoms with Gasteiger partial charge in [0.25, 0.3) is 0 Å². The van der Waals surface area contributed by atoms with Gasteiger partial charge in [0.1, 0.15) is 17.9 Å². The molecule has 0 heterocycles. The third kappa shape index (κ3) is 11.3. The number of alkyl halides is 1. The number of amides is 1. The fraction of sp³-hybridized carbons (Fsp3) is 0.875. The highest BCUT2D eigenvalue weighted by Crippen LogP contribution is 2.12. The first kappa shape index (κ1) is 20.7. The standard InChI is InChI=1S/C16H30FNO4/c1-15(2,3)21-13(19)9-7-8-11-18(12-10-17)14(20)22-16(4,5)6/h7-12H2,1-6H3. The quantitative estimate of drug-likeness (QED) is 0.530. The van der Waals surface area contributed by atoms with Crippen LogP contribution in [0.25, 0.3) is 0 Å². The number of nitrogens with zero attached hydrogens (tertiary/aromatic N) is 1. The zero-order valence-corrected chi connectivity index (χ0v) is 14.7. The van der Waals surface area contributed by atoms with E-state index < -0.39 is 24.0 Å². The Hall–Kier alpha value is -1.33. The van der Waals surface area contributed by atoms with Gasteiger partial charge in [-0.2, -0.15) is 0 Å². The Kier molecular flexibility index (Phi) is 8.41. The Balaban J connectivity index is 4.16. The van der Waals surface area contributed by atoms with Crippen molar-refractivity contribution >= 4 is 12.1 Å². The van der Waals surface area contributed by atoms with Crippen molar-refractivity contribution in [3.8, 4) is 0 Å². The molecule has 1 amide bonds. The molecule has 0 radical (unpaired) electrons. The molecule has 0 fully saturated rings. The second-order valence-electron chi connectivity index (χ2n) is 7.20. The fourth-order valence-electron chi connectivity index (χ4n) is 1.69. The molecule has 0 saturated heterocycles. The van der Waals surface area contributed by atoms with Gasteiger partial charge in [-0.15, -0.1) is 0 Å². The molecule has 0 atom stereocenters. The number of esters is 1. The highest BCUT2D eigenvalue weighted by Gasteiger charge is 2.22. The molecule has 0 aromatic heterocycles. The minimum Gasteiger partial charge on any atom is -0.460 e. The summed E-state index contributed by atoms with van der Waals surface area (Å²) in [7, 11) is 0. The lowest BCUT2D eigenvalue weighted by Crippen LogP contribution is -2.38. The molecule has 0 spiro atoms. The number of hydrogen-bond donors (Lipinski definition) is 0. The van der Waals surface area contributed by atoms with Gasteiger partial charge >= 0.3 is 12.1 Å². The van der Waals surface area contributed by atoms with E-state index in [0.717, 1.165) is 0 Å². The number of carbonyl (C=O) groups is 2. The lowest BCUT2D eigenvalue weighted by atomic mass is 10.2. The number of carbonyl (C=O) groups excluding carboxylic acids is 2. The second-order valence-corrected chi connectivity index (χ2v) is 7.20. The lowest BCUT2D eigenvalue weighted by molar-refractivity contribution is -0.154. The second kappa shape index (κ2) is 8.96. The molecule has 0 aromatic carbocycles. The van der Waals surface area contributed by atoms with Crippen molar-refractivity contribution in [1.29, 1.82) is 0 Å². The maximum atomic E-state index is 12.5. The summed E-state index contributed by atoms with van der Waals surface area (Å²) in [5, 5.41) is 0. The van der Waals surface area contributed by atoms with Crippen molar-refractivity contribution in [3.63, 3.8) is 0 Å². The van der Waals surface area contributed by atoms with E-state index in [1.165, 1.54) is 4.90 Å². The van der Waals surface area contributed by atoms with Crippen LogP contribution < -0.4 is 0 Å². The zero-order chi connectivity index (χ0) is 17.4. The van der Waals surface area contributed by atoms with Gasteiger partial charge in [-0.1, -0.05) is 0 Å². The summed E-state index contributed by atoms with van der Waals surface area (Å²) >= 11 is 0. The molecule has 0 bridgehead atoms. The Bertz CT molecular complexity index is 358. The molecular formula is C16H30FNO4. The number of rotatable bonds is 7. The first-order chi connectivity index (χ1) is 9.94. The molecule has 0 aliphatic rings. The fourth-order valence-corrected chi connectivity index (χ4v) is 1.69. The van der Waals surface area contributed by atoms with Crippen LogP contribution >= 0.6 is 0 Å². The van der Waals surface area contributed by atoms with E-state index in [0.29, 0.717) is 19.4 Å². The van der Waals surface area contributed by atoms with Crippen LogP contribution in [-0.2, 0) is 14.3 Å². The molecule has 130 valence electrons.